The molecule has 4 heteroatoms. The fourth-order valence-electron chi connectivity index (χ4n) is 2.53. The Hall–Kier alpha value is -0.420. The van der Waals surface area contributed by atoms with Crippen LogP contribution in [0.5, 0.6) is 0 Å². The summed E-state index contributed by atoms with van der Waals surface area (Å²) in [5.41, 5.74) is 6.29. The maximum absolute atomic E-state index is 6.29. The Morgan fingerprint density at radius 2 is 1.89 bits per heavy atom. The minimum Gasteiger partial charge on any atom is -0.322 e. The number of thiophene rings is 1. The largest absolute Gasteiger partial charge is 0.322 e. The van der Waals surface area contributed by atoms with E-state index in [2.05, 4.69) is 35.8 Å². The molecule has 0 bridgehead atoms. The quantitative estimate of drug-likeness (QED) is 0.886. The van der Waals surface area contributed by atoms with Crippen molar-refractivity contribution in [1.82, 2.24) is 9.80 Å². The Bertz CT molecular complexity index is 356. The average Bonchev–Trinajstić information content (AvgIpc) is 2.79. The van der Waals surface area contributed by atoms with Crippen LogP contribution < -0.4 is 5.73 Å². The molecule has 1 saturated heterocycles. The van der Waals surface area contributed by atoms with Crippen molar-refractivity contribution in [1.29, 1.82) is 0 Å². The number of hydrogen-bond donors (Lipinski definition) is 1. The lowest BCUT2D eigenvalue weighted by molar-refractivity contribution is 0.127. The molecule has 3 nitrogen and oxygen atoms in total. The van der Waals surface area contributed by atoms with Crippen molar-refractivity contribution in [3.63, 3.8) is 0 Å². The van der Waals surface area contributed by atoms with Crippen LogP contribution in [0.3, 0.4) is 0 Å². The second-order valence-corrected chi connectivity index (χ2v) is 6.52. The predicted octanol–water partition coefficient (Wildman–Crippen LogP) is 2.08. The highest BCUT2D eigenvalue weighted by atomic mass is 32.1. The second kappa shape index (κ2) is 6.66. The molecule has 1 aromatic rings. The molecule has 0 spiro atoms. The number of piperazine rings is 1. The van der Waals surface area contributed by atoms with Gasteiger partial charge in [-0.3, -0.25) is 4.90 Å². The second-order valence-electron chi connectivity index (χ2n) is 5.20. The monoisotopic (exact) mass is 267 g/mol. The van der Waals surface area contributed by atoms with Crippen molar-refractivity contribution in [3.8, 4) is 0 Å². The maximum Gasteiger partial charge on any atom is 0.0519 e. The molecule has 0 amide bonds. The summed E-state index contributed by atoms with van der Waals surface area (Å²) in [6.07, 6.45) is 1.26. The van der Waals surface area contributed by atoms with Crippen LogP contribution in [0.25, 0.3) is 0 Å². The minimum atomic E-state index is 0.182. The van der Waals surface area contributed by atoms with Crippen molar-refractivity contribution in [2.75, 3.05) is 39.3 Å². The summed E-state index contributed by atoms with van der Waals surface area (Å²) in [4.78, 5) is 7.74. The van der Waals surface area contributed by atoms with Gasteiger partial charge < -0.3 is 10.6 Å². The molecule has 1 fully saturated rings. The summed E-state index contributed by atoms with van der Waals surface area (Å²) in [5, 5.41) is 0. The first-order chi connectivity index (χ1) is 8.69. The van der Waals surface area contributed by atoms with E-state index in [-0.39, 0.29) is 6.04 Å². The Labute approximate surface area is 115 Å². The van der Waals surface area contributed by atoms with Gasteiger partial charge in [0.2, 0.25) is 0 Å². The van der Waals surface area contributed by atoms with Gasteiger partial charge in [0.05, 0.1) is 6.04 Å². The number of rotatable bonds is 5. The Morgan fingerprint density at radius 3 is 2.44 bits per heavy atom. The average molecular weight is 267 g/mol. The highest BCUT2D eigenvalue weighted by Crippen LogP contribution is 2.22. The number of nitrogens with two attached hydrogens (primary N) is 1. The Morgan fingerprint density at radius 1 is 1.22 bits per heavy atom. The molecule has 2 heterocycles. The molecule has 0 aromatic carbocycles. The molecule has 2 rings (SSSR count). The van der Waals surface area contributed by atoms with Gasteiger partial charge >= 0.3 is 0 Å². The summed E-state index contributed by atoms with van der Waals surface area (Å²) < 4.78 is 0. The van der Waals surface area contributed by atoms with E-state index in [1.54, 1.807) is 0 Å². The van der Waals surface area contributed by atoms with Crippen LogP contribution in [0.4, 0.5) is 0 Å². The SMILES string of the molecule is CCCN1CCN(CC(N)c2ccc(C)s2)CC1. The highest BCUT2D eigenvalue weighted by Gasteiger charge is 2.19. The zero-order chi connectivity index (χ0) is 13.0. The van der Waals surface area contributed by atoms with Crippen LogP contribution in [-0.2, 0) is 0 Å². The molecular weight excluding hydrogens is 242 g/mol. The van der Waals surface area contributed by atoms with Crippen LogP contribution >= 0.6 is 11.3 Å². The molecule has 18 heavy (non-hydrogen) atoms. The van der Waals surface area contributed by atoms with Gasteiger partial charge in [-0.1, -0.05) is 6.92 Å². The topological polar surface area (TPSA) is 32.5 Å². The number of nitrogens with zero attached hydrogens (tertiary/aromatic N) is 2. The van der Waals surface area contributed by atoms with Gasteiger partial charge in [0, 0.05) is 42.5 Å². The standard InChI is InChI=1S/C14H25N3S/c1-3-6-16-7-9-17(10-8-16)11-13(15)14-5-4-12(2)18-14/h4-5,13H,3,6-11,15H2,1-2H3. The third-order valence-corrected chi connectivity index (χ3v) is 4.72. The molecule has 1 aromatic heterocycles. The lowest BCUT2D eigenvalue weighted by atomic mass is 10.2. The van der Waals surface area contributed by atoms with Crippen molar-refractivity contribution in [2.24, 2.45) is 5.73 Å². The van der Waals surface area contributed by atoms with Crippen LogP contribution in [-0.4, -0.2) is 49.1 Å². The molecule has 2 N–H and O–H groups in total. The molecule has 1 aliphatic heterocycles. The summed E-state index contributed by atoms with van der Waals surface area (Å²) in [5.74, 6) is 0. The maximum atomic E-state index is 6.29. The Kier molecular flexibility index (Phi) is 5.18. The van der Waals surface area contributed by atoms with Gasteiger partial charge in [-0.05, 0) is 32.0 Å². The molecule has 0 aliphatic carbocycles. The van der Waals surface area contributed by atoms with E-state index in [9.17, 15) is 0 Å². The molecule has 102 valence electrons. The van der Waals surface area contributed by atoms with Crippen LogP contribution in [0.1, 0.15) is 29.1 Å². The summed E-state index contributed by atoms with van der Waals surface area (Å²) >= 11 is 1.83. The number of aryl methyl sites for hydroxylation is 1. The third kappa shape index (κ3) is 3.79. The lowest BCUT2D eigenvalue weighted by Crippen LogP contribution is -2.48. The number of hydrogen-bond acceptors (Lipinski definition) is 4. The van der Waals surface area contributed by atoms with Crippen LogP contribution in [0.15, 0.2) is 12.1 Å². The normalized spacial score (nSPS) is 20.2. The predicted molar refractivity (Wildman–Crippen MR) is 79.2 cm³/mol. The van der Waals surface area contributed by atoms with E-state index < -0.39 is 0 Å². The van der Waals surface area contributed by atoms with Crippen LogP contribution in [0.2, 0.25) is 0 Å². The fraction of sp³-hybridized carbons (Fsp3) is 0.714. The summed E-state index contributed by atoms with van der Waals surface area (Å²) in [6, 6.07) is 4.53. The van der Waals surface area contributed by atoms with E-state index in [1.165, 1.54) is 35.8 Å². The van der Waals surface area contributed by atoms with Crippen molar-refractivity contribution < 1.29 is 0 Å². The van der Waals surface area contributed by atoms with Crippen molar-refractivity contribution in [3.05, 3.63) is 21.9 Å². The third-order valence-electron chi connectivity index (χ3n) is 3.59. The zero-order valence-corrected chi connectivity index (χ0v) is 12.4. The first kappa shape index (κ1) is 14.0. The Balaban J connectivity index is 1.77. The molecular formula is C14H25N3S. The van der Waals surface area contributed by atoms with Crippen molar-refractivity contribution in [2.45, 2.75) is 26.3 Å². The molecule has 0 saturated carbocycles. The van der Waals surface area contributed by atoms with Gasteiger partial charge in [-0.2, -0.15) is 0 Å². The van der Waals surface area contributed by atoms with E-state index in [1.807, 2.05) is 11.3 Å². The van der Waals surface area contributed by atoms with E-state index >= 15 is 0 Å². The van der Waals surface area contributed by atoms with Gasteiger partial charge in [0.25, 0.3) is 0 Å². The van der Waals surface area contributed by atoms with E-state index in [0.717, 1.165) is 19.6 Å². The van der Waals surface area contributed by atoms with Gasteiger partial charge in [-0.15, -0.1) is 11.3 Å². The lowest BCUT2D eigenvalue weighted by Gasteiger charge is -2.35. The minimum absolute atomic E-state index is 0.182. The van der Waals surface area contributed by atoms with Crippen molar-refractivity contribution >= 4 is 11.3 Å². The first-order valence-electron chi connectivity index (χ1n) is 6.95. The van der Waals surface area contributed by atoms with Gasteiger partial charge in [0.1, 0.15) is 0 Å². The van der Waals surface area contributed by atoms with E-state index in [0.29, 0.717) is 0 Å². The van der Waals surface area contributed by atoms with Crippen LogP contribution in [0, 0.1) is 6.92 Å². The molecule has 1 atom stereocenters. The fourth-order valence-corrected chi connectivity index (χ4v) is 3.40. The summed E-state index contributed by atoms with van der Waals surface area (Å²) in [7, 11) is 0. The van der Waals surface area contributed by atoms with Gasteiger partial charge in [0.15, 0.2) is 0 Å². The smallest absolute Gasteiger partial charge is 0.0519 e. The zero-order valence-electron chi connectivity index (χ0n) is 11.6. The molecule has 0 radical (unpaired) electrons. The summed E-state index contributed by atoms with van der Waals surface area (Å²) in [6.45, 7) is 11.4. The first-order valence-corrected chi connectivity index (χ1v) is 7.77. The van der Waals surface area contributed by atoms with E-state index in [4.69, 9.17) is 5.73 Å². The van der Waals surface area contributed by atoms with Gasteiger partial charge in [-0.25, -0.2) is 0 Å². The molecule has 1 aliphatic rings. The highest BCUT2D eigenvalue weighted by molar-refractivity contribution is 7.12. The molecule has 1 unspecified atom stereocenters.